The Morgan fingerprint density at radius 3 is 2.23 bits per heavy atom. The molecule has 1 aliphatic heterocycles. The molecule has 0 saturated carbocycles. The van der Waals surface area contributed by atoms with Crippen LogP contribution in [0.4, 0.5) is 0 Å². The van der Waals surface area contributed by atoms with Crippen molar-refractivity contribution >= 4 is 17.8 Å². The van der Waals surface area contributed by atoms with E-state index in [1.54, 1.807) is 0 Å². The van der Waals surface area contributed by atoms with Gasteiger partial charge in [0.2, 0.25) is 5.96 Å². The number of carbonyl (C=O) groups is 2. The fourth-order valence-electron chi connectivity index (χ4n) is 1.32. The largest absolute Gasteiger partial charge is 0.316 e. The zero-order valence-electron chi connectivity index (χ0n) is 6.91. The Hall–Kier alpha value is -1.65. The number of hydrogen-bond donors (Lipinski definition) is 2. The minimum Gasteiger partial charge on any atom is -0.288 e. The minimum absolute atomic E-state index is 0.161. The van der Waals surface area contributed by atoms with Crippen molar-refractivity contribution in [3.63, 3.8) is 0 Å². The highest BCUT2D eigenvalue weighted by atomic mass is 16.2. The zero-order valence-corrected chi connectivity index (χ0v) is 6.91. The van der Waals surface area contributed by atoms with E-state index in [0.29, 0.717) is 0 Å². The molecule has 68 valence electrons. The first-order valence-corrected chi connectivity index (χ1v) is 4.11. The highest BCUT2D eigenvalue weighted by Gasteiger charge is 2.26. The fourth-order valence-corrected chi connectivity index (χ4v) is 1.32. The third kappa shape index (κ3) is 1.58. The van der Waals surface area contributed by atoms with Gasteiger partial charge in [-0.15, -0.1) is 0 Å². The topological polar surface area (TPSA) is 70.6 Å². The van der Waals surface area contributed by atoms with Crippen LogP contribution in [0.3, 0.4) is 0 Å². The smallest absolute Gasteiger partial charge is 0.288 e. The first kappa shape index (κ1) is 7.97. The zero-order chi connectivity index (χ0) is 9.26. The molecule has 1 aliphatic carbocycles. The van der Waals surface area contributed by atoms with Crippen LogP contribution in [0.5, 0.6) is 0 Å². The number of nitrogens with one attached hydrogen (secondary N) is 2. The lowest BCUT2D eigenvalue weighted by Gasteiger charge is -2.02. The summed E-state index contributed by atoms with van der Waals surface area (Å²) in [6, 6.07) is 0.161. The number of guanidine groups is 1. The Kier molecular flexibility index (Phi) is 1.84. The molecule has 1 saturated heterocycles. The molecular weight excluding hydrogens is 170 g/mol. The molecule has 5 nitrogen and oxygen atoms in total. The lowest BCUT2D eigenvalue weighted by Crippen LogP contribution is -2.27. The molecule has 2 aliphatic rings. The van der Waals surface area contributed by atoms with Crippen molar-refractivity contribution in [2.24, 2.45) is 4.99 Å². The summed E-state index contributed by atoms with van der Waals surface area (Å²) >= 11 is 0. The molecule has 2 amide bonds. The molecule has 0 aromatic carbocycles. The van der Waals surface area contributed by atoms with Gasteiger partial charge in [0.1, 0.15) is 0 Å². The van der Waals surface area contributed by atoms with Crippen LogP contribution in [0.2, 0.25) is 0 Å². The van der Waals surface area contributed by atoms with E-state index in [-0.39, 0.29) is 12.0 Å². The first-order valence-electron chi connectivity index (χ1n) is 4.11. The molecule has 0 radical (unpaired) electrons. The summed E-state index contributed by atoms with van der Waals surface area (Å²) in [7, 11) is 0. The van der Waals surface area contributed by atoms with Crippen LogP contribution in [-0.4, -0.2) is 23.8 Å². The molecule has 0 aromatic heterocycles. The highest BCUT2D eigenvalue weighted by Crippen LogP contribution is 2.13. The SMILES string of the molecule is O=C1NC(=NC2CC=CC2)NC1=O. The van der Waals surface area contributed by atoms with Crippen molar-refractivity contribution in [1.29, 1.82) is 0 Å². The van der Waals surface area contributed by atoms with Gasteiger partial charge in [-0.1, -0.05) is 12.2 Å². The van der Waals surface area contributed by atoms with Gasteiger partial charge in [0.25, 0.3) is 0 Å². The maximum atomic E-state index is 10.7. The van der Waals surface area contributed by atoms with Gasteiger partial charge >= 0.3 is 11.8 Å². The Labute approximate surface area is 74.9 Å². The lowest BCUT2D eigenvalue weighted by molar-refractivity contribution is -0.135. The van der Waals surface area contributed by atoms with E-state index >= 15 is 0 Å². The number of amides is 2. The summed E-state index contributed by atoms with van der Waals surface area (Å²) in [6.45, 7) is 0. The highest BCUT2D eigenvalue weighted by molar-refractivity contribution is 6.45. The van der Waals surface area contributed by atoms with Crippen LogP contribution in [0.25, 0.3) is 0 Å². The number of carbonyl (C=O) groups excluding carboxylic acids is 2. The molecule has 1 fully saturated rings. The number of rotatable bonds is 1. The Morgan fingerprint density at radius 1 is 1.15 bits per heavy atom. The standard InChI is InChI=1S/C8H9N3O2/c12-6-7(13)11-8(10-6)9-5-3-1-2-4-5/h1-2,5H,3-4H2,(H2,9,10,11,12,13). The van der Waals surface area contributed by atoms with Gasteiger partial charge in [-0.3, -0.25) is 20.2 Å². The fraction of sp³-hybridized carbons (Fsp3) is 0.375. The van der Waals surface area contributed by atoms with Crippen molar-refractivity contribution in [2.75, 3.05) is 0 Å². The van der Waals surface area contributed by atoms with Crippen LogP contribution in [0, 0.1) is 0 Å². The summed E-state index contributed by atoms with van der Waals surface area (Å²) < 4.78 is 0. The average Bonchev–Trinajstić information content (AvgIpc) is 2.64. The van der Waals surface area contributed by atoms with Crippen molar-refractivity contribution in [3.8, 4) is 0 Å². The summed E-state index contributed by atoms with van der Waals surface area (Å²) in [5.41, 5.74) is 0. The van der Waals surface area contributed by atoms with Gasteiger partial charge in [0.15, 0.2) is 0 Å². The third-order valence-corrected chi connectivity index (χ3v) is 1.96. The van der Waals surface area contributed by atoms with Gasteiger partial charge in [-0.25, -0.2) is 4.99 Å². The maximum absolute atomic E-state index is 10.7. The van der Waals surface area contributed by atoms with Gasteiger partial charge in [0.05, 0.1) is 6.04 Å². The second-order valence-electron chi connectivity index (χ2n) is 2.98. The second-order valence-corrected chi connectivity index (χ2v) is 2.98. The van der Waals surface area contributed by atoms with E-state index in [9.17, 15) is 9.59 Å². The second kappa shape index (κ2) is 3.01. The summed E-state index contributed by atoms with van der Waals surface area (Å²) in [6.07, 6.45) is 5.81. The molecule has 5 heteroatoms. The molecule has 1 heterocycles. The molecule has 0 bridgehead atoms. The molecule has 0 atom stereocenters. The Balaban J connectivity index is 2.02. The Bertz CT molecular complexity index is 293. The quantitative estimate of drug-likeness (QED) is 0.413. The molecule has 0 unspecified atom stereocenters. The Morgan fingerprint density at radius 2 is 1.69 bits per heavy atom. The number of nitrogens with zero attached hydrogens (tertiary/aromatic N) is 1. The van der Waals surface area contributed by atoms with Crippen molar-refractivity contribution in [3.05, 3.63) is 12.2 Å². The van der Waals surface area contributed by atoms with Crippen molar-refractivity contribution in [2.45, 2.75) is 18.9 Å². The number of hydrogen-bond acceptors (Lipinski definition) is 3. The maximum Gasteiger partial charge on any atom is 0.316 e. The molecule has 0 aromatic rings. The van der Waals surface area contributed by atoms with Crippen LogP contribution >= 0.6 is 0 Å². The number of aliphatic imine (C=N–C) groups is 1. The van der Waals surface area contributed by atoms with E-state index in [2.05, 4.69) is 15.6 Å². The van der Waals surface area contributed by atoms with Crippen LogP contribution < -0.4 is 10.6 Å². The summed E-state index contributed by atoms with van der Waals surface area (Å²) in [5, 5.41) is 4.71. The van der Waals surface area contributed by atoms with Crippen molar-refractivity contribution < 1.29 is 9.59 Å². The average molecular weight is 179 g/mol. The normalized spacial score (nSPS) is 22.0. The van der Waals surface area contributed by atoms with Crippen LogP contribution in [-0.2, 0) is 9.59 Å². The monoisotopic (exact) mass is 179 g/mol. The minimum atomic E-state index is -0.635. The van der Waals surface area contributed by atoms with E-state index in [4.69, 9.17) is 0 Å². The lowest BCUT2D eigenvalue weighted by atomic mass is 10.2. The van der Waals surface area contributed by atoms with E-state index in [1.165, 1.54) is 0 Å². The van der Waals surface area contributed by atoms with Gasteiger partial charge in [-0.05, 0) is 12.8 Å². The van der Waals surface area contributed by atoms with E-state index in [1.807, 2.05) is 12.2 Å². The molecular formula is C8H9N3O2. The summed E-state index contributed by atoms with van der Waals surface area (Å²) in [4.78, 5) is 25.6. The summed E-state index contributed by atoms with van der Waals surface area (Å²) in [5.74, 6) is -0.988. The van der Waals surface area contributed by atoms with Crippen LogP contribution in [0.1, 0.15) is 12.8 Å². The van der Waals surface area contributed by atoms with E-state index < -0.39 is 11.8 Å². The van der Waals surface area contributed by atoms with E-state index in [0.717, 1.165) is 12.8 Å². The predicted octanol–water partition coefficient (Wildman–Crippen LogP) is -0.693. The predicted molar refractivity (Wildman–Crippen MR) is 45.9 cm³/mol. The molecule has 2 rings (SSSR count). The van der Waals surface area contributed by atoms with Gasteiger partial charge in [-0.2, -0.15) is 0 Å². The third-order valence-electron chi connectivity index (χ3n) is 1.96. The first-order chi connectivity index (χ1) is 6.25. The van der Waals surface area contributed by atoms with Gasteiger partial charge in [0, 0.05) is 0 Å². The molecule has 0 spiro atoms. The molecule has 2 N–H and O–H groups in total. The van der Waals surface area contributed by atoms with Crippen LogP contribution in [0.15, 0.2) is 17.1 Å². The van der Waals surface area contributed by atoms with Gasteiger partial charge < -0.3 is 0 Å². The van der Waals surface area contributed by atoms with Crippen molar-refractivity contribution in [1.82, 2.24) is 10.6 Å². The molecule has 13 heavy (non-hydrogen) atoms.